The van der Waals surface area contributed by atoms with Gasteiger partial charge in [0.05, 0.1) is 5.92 Å². The van der Waals surface area contributed by atoms with Gasteiger partial charge in [-0.1, -0.05) is 19.8 Å². The summed E-state index contributed by atoms with van der Waals surface area (Å²) in [6, 6.07) is 0. The van der Waals surface area contributed by atoms with Gasteiger partial charge in [0.2, 0.25) is 0 Å². The number of hydrogen-bond acceptors (Lipinski definition) is 3. The van der Waals surface area contributed by atoms with Gasteiger partial charge in [0.15, 0.2) is 6.10 Å². The Kier molecular flexibility index (Phi) is 3.28. The standard InChI is InChI=1S/C9H14O4/c1-2-3-4-6-5-7(8(10)11)13-9(6)12/h6-7H,2-5H2,1H3,(H,10,11)/t6-,7-/m1/s1. The van der Waals surface area contributed by atoms with E-state index in [0.717, 1.165) is 19.3 Å². The van der Waals surface area contributed by atoms with Crippen molar-refractivity contribution < 1.29 is 19.4 Å². The molecule has 1 fully saturated rings. The molecule has 0 aromatic heterocycles. The van der Waals surface area contributed by atoms with Gasteiger partial charge in [-0.05, 0) is 6.42 Å². The fourth-order valence-corrected chi connectivity index (χ4v) is 1.48. The lowest BCUT2D eigenvalue weighted by atomic mass is 9.98. The predicted octanol–water partition coefficient (Wildman–Crippen LogP) is 1.19. The number of hydrogen-bond donors (Lipinski definition) is 1. The molecule has 0 amide bonds. The van der Waals surface area contributed by atoms with Gasteiger partial charge < -0.3 is 9.84 Å². The Morgan fingerprint density at radius 3 is 2.85 bits per heavy atom. The molecule has 1 rings (SSSR count). The van der Waals surface area contributed by atoms with Crippen LogP contribution in [-0.2, 0) is 14.3 Å². The minimum atomic E-state index is -1.03. The van der Waals surface area contributed by atoms with E-state index in [1.807, 2.05) is 6.92 Å². The zero-order valence-electron chi connectivity index (χ0n) is 7.66. The first-order valence-corrected chi connectivity index (χ1v) is 4.58. The Labute approximate surface area is 76.9 Å². The van der Waals surface area contributed by atoms with Gasteiger partial charge in [-0.25, -0.2) is 4.79 Å². The van der Waals surface area contributed by atoms with E-state index >= 15 is 0 Å². The van der Waals surface area contributed by atoms with Crippen LogP contribution in [0.25, 0.3) is 0 Å². The van der Waals surface area contributed by atoms with Gasteiger partial charge in [0.25, 0.3) is 0 Å². The van der Waals surface area contributed by atoms with Crippen molar-refractivity contribution in [1.29, 1.82) is 0 Å². The van der Waals surface area contributed by atoms with Crippen LogP contribution in [0, 0.1) is 5.92 Å². The first-order valence-electron chi connectivity index (χ1n) is 4.58. The predicted molar refractivity (Wildman–Crippen MR) is 45.1 cm³/mol. The summed E-state index contributed by atoms with van der Waals surface area (Å²) in [6.07, 6.45) is 2.15. The molecule has 2 atom stereocenters. The Hall–Kier alpha value is -1.06. The molecule has 0 spiro atoms. The maximum atomic E-state index is 11.1. The number of carboxylic acid groups (broad SMARTS) is 1. The van der Waals surface area contributed by atoms with Crippen molar-refractivity contribution in [2.45, 2.75) is 38.7 Å². The van der Waals surface area contributed by atoms with Crippen LogP contribution in [0.1, 0.15) is 32.6 Å². The molecule has 1 N–H and O–H groups in total. The zero-order chi connectivity index (χ0) is 9.84. The largest absolute Gasteiger partial charge is 0.479 e. The topological polar surface area (TPSA) is 63.6 Å². The highest BCUT2D eigenvalue weighted by Crippen LogP contribution is 2.25. The Morgan fingerprint density at radius 2 is 2.38 bits per heavy atom. The number of carbonyl (C=O) groups excluding carboxylic acids is 1. The molecule has 1 heterocycles. The van der Waals surface area contributed by atoms with Crippen molar-refractivity contribution in [3.63, 3.8) is 0 Å². The average molecular weight is 186 g/mol. The summed E-state index contributed by atoms with van der Waals surface area (Å²) >= 11 is 0. The Morgan fingerprint density at radius 1 is 1.69 bits per heavy atom. The summed E-state index contributed by atoms with van der Waals surface area (Å²) in [6.45, 7) is 2.04. The van der Waals surface area contributed by atoms with Crippen LogP contribution in [-0.4, -0.2) is 23.1 Å². The van der Waals surface area contributed by atoms with Crippen LogP contribution in [0.4, 0.5) is 0 Å². The molecule has 0 saturated carbocycles. The lowest BCUT2D eigenvalue weighted by molar-refractivity contribution is -0.157. The Balaban J connectivity index is 2.42. The van der Waals surface area contributed by atoms with Crippen LogP contribution in [0.5, 0.6) is 0 Å². The van der Waals surface area contributed by atoms with Gasteiger partial charge in [-0.2, -0.15) is 0 Å². The molecule has 0 bridgehead atoms. The van der Waals surface area contributed by atoms with Gasteiger partial charge in [0, 0.05) is 6.42 Å². The van der Waals surface area contributed by atoms with Crippen LogP contribution in [0.3, 0.4) is 0 Å². The van der Waals surface area contributed by atoms with Crippen LogP contribution in [0.15, 0.2) is 0 Å². The third-order valence-corrected chi connectivity index (χ3v) is 2.27. The quantitative estimate of drug-likeness (QED) is 0.670. The number of carbonyl (C=O) groups is 2. The number of aliphatic carboxylic acids is 1. The molecule has 74 valence electrons. The van der Waals surface area contributed by atoms with Crippen molar-refractivity contribution in [3.8, 4) is 0 Å². The van der Waals surface area contributed by atoms with Crippen LogP contribution < -0.4 is 0 Å². The number of esters is 1. The second-order valence-corrected chi connectivity index (χ2v) is 3.34. The summed E-state index contributed by atoms with van der Waals surface area (Å²) in [7, 11) is 0. The molecule has 0 aromatic rings. The van der Waals surface area contributed by atoms with Crippen molar-refractivity contribution in [1.82, 2.24) is 0 Å². The van der Waals surface area contributed by atoms with Gasteiger partial charge in [-0.15, -0.1) is 0 Å². The number of cyclic esters (lactones) is 1. The lowest BCUT2D eigenvalue weighted by Crippen LogP contribution is -2.18. The number of unbranched alkanes of at least 4 members (excludes halogenated alkanes) is 1. The highest BCUT2D eigenvalue weighted by Gasteiger charge is 2.37. The summed E-state index contributed by atoms with van der Waals surface area (Å²) in [5.74, 6) is -1.57. The van der Waals surface area contributed by atoms with Crippen LogP contribution in [0.2, 0.25) is 0 Å². The van der Waals surface area contributed by atoms with Crippen LogP contribution >= 0.6 is 0 Å². The number of ether oxygens (including phenoxy) is 1. The van der Waals surface area contributed by atoms with E-state index in [-0.39, 0.29) is 11.9 Å². The second-order valence-electron chi connectivity index (χ2n) is 3.34. The fraction of sp³-hybridized carbons (Fsp3) is 0.778. The third kappa shape index (κ3) is 2.44. The van der Waals surface area contributed by atoms with E-state index in [4.69, 9.17) is 9.84 Å². The average Bonchev–Trinajstić information content (AvgIpc) is 2.44. The fourth-order valence-electron chi connectivity index (χ4n) is 1.48. The van der Waals surface area contributed by atoms with E-state index in [1.165, 1.54) is 0 Å². The Bertz CT molecular complexity index is 212. The molecule has 0 aromatic carbocycles. The molecule has 1 aliphatic heterocycles. The number of rotatable bonds is 4. The van der Waals surface area contributed by atoms with E-state index in [9.17, 15) is 9.59 Å². The molecule has 13 heavy (non-hydrogen) atoms. The minimum Gasteiger partial charge on any atom is -0.479 e. The monoisotopic (exact) mass is 186 g/mol. The lowest BCUT2D eigenvalue weighted by Gasteiger charge is -2.01. The number of carboxylic acids is 1. The maximum absolute atomic E-state index is 11.1. The molecule has 0 aliphatic carbocycles. The first-order chi connectivity index (χ1) is 6.15. The zero-order valence-corrected chi connectivity index (χ0v) is 7.66. The van der Waals surface area contributed by atoms with Gasteiger partial charge >= 0.3 is 11.9 Å². The molecule has 1 saturated heterocycles. The third-order valence-electron chi connectivity index (χ3n) is 2.27. The molecular weight excluding hydrogens is 172 g/mol. The minimum absolute atomic E-state index is 0.193. The molecular formula is C9H14O4. The molecule has 0 unspecified atom stereocenters. The summed E-state index contributed by atoms with van der Waals surface area (Å²) in [5, 5.41) is 8.60. The SMILES string of the molecule is CCCC[C@@H]1C[C@H](C(=O)O)OC1=O. The van der Waals surface area contributed by atoms with Crippen molar-refractivity contribution in [2.24, 2.45) is 5.92 Å². The van der Waals surface area contributed by atoms with Gasteiger partial charge in [0.1, 0.15) is 0 Å². The maximum Gasteiger partial charge on any atom is 0.345 e. The smallest absolute Gasteiger partial charge is 0.345 e. The van der Waals surface area contributed by atoms with E-state index in [2.05, 4.69) is 0 Å². The van der Waals surface area contributed by atoms with E-state index < -0.39 is 12.1 Å². The normalized spacial score (nSPS) is 27.3. The second kappa shape index (κ2) is 4.25. The van der Waals surface area contributed by atoms with Crippen molar-refractivity contribution in [2.75, 3.05) is 0 Å². The van der Waals surface area contributed by atoms with E-state index in [1.54, 1.807) is 0 Å². The van der Waals surface area contributed by atoms with Crippen molar-refractivity contribution >= 4 is 11.9 Å². The van der Waals surface area contributed by atoms with E-state index in [0.29, 0.717) is 6.42 Å². The summed E-state index contributed by atoms with van der Waals surface area (Å²) in [5.41, 5.74) is 0. The molecule has 4 nitrogen and oxygen atoms in total. The summed E-state index contributed by atoms with van der Waals surface area (Å²) < 4.78 is 4.69. The molecule has 4 heteroatoms. The van der Waals surface area contributed by atoms with Crippen molar-refractivity contribution in [3.05, 3.63) is 0 Å². The highest BCUT2D eigenvalue weighted by atomic mass is 16.6. The molecule has 1 aliphatic rings. The first kappa shape index (κ1) is 10.0. The molecule has 0 radical (unpaired) electrons. The highest BCUT2D eigenvalue weighted by molar-refractivity contribution is 5.83. The van der Waals surface area contributed by atoms with Gasteiger partial charge in [-0.3, -0.25) is 4.79 Å². The summed E-state index contributed by atoms with van der Waals surface area (Å²) in [4.78, 5) is 21.6.